The number of carbonyl (C=O) groups is 1. The molecule has 0 spiro atoms. The van der Waals surface area contributed by atoms with Gasteiger partial charge in [-0.1, -0.05) is 11.6 Å². The zero-order valence-electron chi connectivity index (χ0n) is 14.6. The van der Waals surface area contributed by atoms with Gasteiger partial charge in [-0.05, 0) is 45.0 Å². The average molecular weight is 372 g/mol. The largest absolute Gasteiger partial charge is 0.472 e. The van der Waals surface area contributed by atoms with Gasteiger partial charge < -0.3 is 14.5 Å². The van der Waals surface area contributed by atoms with Crippen LogP contribution in [-0.2, 0) is 9.53 Å². The van der Waals surface area contributed by atoms with E-state index in [1.54, 1.807) is 18.6 Å². The smallest absolute Gasteiger partial charge is 0.338 e. The van der Waals surface area contributed by atoms with E-state index in [0.29, 0.717) is 22.2 Å². The van der Waals surface area contributed by atoms with E-state index in [1.165, 1.54) is 0 Å². The molecule has 0 amide bonds. The molecule has 0 saturated heterocycles. The molecule has 7 heteroatoms. The van der Waals surface area contributed by atoms with Crippen LogP contribution in [0, 0.1) is 0 Å². The minimum absolute atomic E-state index is 0.215. The molecule has 0 unspecified atom stereocenters. The van der Waals surface area contributed by atoms with Crippen molar-refractivity contribution in [2.75, 3.05) is 5.32 Å². The first-order chi connectivity index (χ1) is 12.5. The van der Waals surface area contributed by atoms with Crippen molar-refractivity contribution in [2.45, 2.75) is 32.9 Å². The fraction of sp³-hybridized carbons (Fsp3) is 0.263. The van der Waals surface area contributed by atoms with Crippen molar-refractivity contribution in [3.05, 3.63) is 58.6 Å². The van der Waals surface area contributed by atoms with Crippen molar-refractivity contribution in [2.24, 2.45) is 0 Å². The standard InChI is InChI=1S/C19H18ClN3O3/c1-10(2)26-18(24)16-11(3)21-19-22-14-8-13(20)4-5-15(14)23(19)17(16)12-6-7-25-9-12/h4-10,17H,1-3H3,(H,21,22)/t17-/m1/s1. The highest BCUT2D eigenvalue weighted by atomic mass is 35.5. The topological polar surface area (TPSA) is 69.3 Å². The van der Waals surface area contributed by atoms with Crippen LogP contribution < -0.4 is 5.32 Å². The van der Waals surface area contributed by atoms with Crippen molar-refractivity contribution >= 4 is 34.6 Å². The summed E-state index contributed by atoms with van der Waals surface area (Å²) in [5, 5.41) is 3.83. The van der Waals surface area contributed by atoms with E-state index in [1.807, 2.05) is 43.5 Å². The summed E-state index contributed by atoms with van der Waals surface area (Å²) in [5.74, 6) is 0.282. The van der Waals surface area contributed by atoms with Crippen LogP contribution in [-0.4, -0.2) is 21.6 Å². The van der Waals surface area contributed by atoms with E-state index >= 15 is 0 Å². The third-order valence-electron chi connectivity index (χ3n) is 4.31. The number of nitrogens with zero attached hydrogens (tertiary/aromatic N) is 2. The number of hydrogen-bond acceptors (Lipinski definition) is 5. The Balaban J connectivity index is 1.94. The van der Waals surface area contributed by atoms with E-state index in [2.05, 4.69) is 10.3 Å². The highest BCUT2D eigenvalue weighted by molar-refractivity contribution is 6.31. The number of ether oxygens (including phenoxy) is 1. The molecule has 2 aromatic heterocycles. The van der Waals surface area contributed by atoms with Crippen molar-refractivity contribution in [1.29, 1.82) is 0 Å². The minimum atomic E-state index is -0.401. The van der Waals surface area contributed by atoms with Gasteiger partial charge in [0, 0.05) is 16.3 Å². The lowest BCUT2D eigenvalue weighted by molar-refractivity contribution is -0.143. The second-order valence-electron chi connectivity index (χ2n) is 6.52. The molecule has 6 nitrogen and oxygen atoms in total. The lowest BCUT2D eigenvalue weighted by atomic mass is 9.97. The van der Waals surface area contributed by atoms with Gasteiger partial charge in [0.05, 0.1) is 41.3 Å². The van der Waals surface area contributed by atoms with Gasteiger partial charge in [0.15, 0.2) is 0 Å². The molecule has 0 fully saturated rings. The summed E-state index contributed by atoms with van der Waals surface area (Å²) >= 11 is 6.11. The second-order valence-corrected chi connectivity index (χ2v) is 6.95. The number of allylic oxidation sites excluding steroid dienone is 1. The maximum Gasteiger partial charge on any atom is 0.338 e. The highest BCUT2D eigenvalue weighted by Crippen LogP contribution is 2.40. The summed E-state index contributed by atoms with van der Waals surface area (Å²) in [4.78, 5) is 17.5. The fourth-order valence-corrected chi connectivity index (χ4v) is 3.45. The molecule has 1 aromatic carbocycles. The van der Waals surface area contributed by atoms with Crippen LogP contribution in [0.1, 0.15) is 32.4 Å². The molecule has 1 aliphatic rings. The lowest BCUT2D eigenvalue weighted by Gasteiger charge is -2.29. The van der Waals surface area contributed by atoms with Crippen LogP contribution >= 0.6 is 11.6 Å². The molecule has 0 bridgehead atoms. The predicted octanol–water partition coefficient (Wildman–Crippen LogP) is 4.52. The molecule has 3 heterocycles. The minimum Gasteiger partial charge on any atom is -0.472 e. The molecule has 0 radical (unpaired) electrons. The van der Waals surface area contributed by atoms with E-state index < -0.39 is 6.04 Å². The van der Waals surface area contributed by atoms with Gasteiger partial charge in [-0.2, -0.15) is 0 Å². The van der Waals surface area contributed by atoms with E-state index in [0.717, 1.165) is 16.6 Å². The quantitative estimate of drug-likeness (QED) is 0.685. The summed E-state index contributed by atoms with van der Waals surface area (Å²) in [6.45, 7) is 5.51. The molecule has 1 N–H and O–H groups in total. The van der Waals surface area contributed by atoms with E-state index in [9.17, 15) is 4.79 Å². The molecule has 0 aliphatic carbocycles. The number of anilines is 1. The molecule has 134 valence electrons. The summed E-state index contributed by atoms with van der Waals surface area (Å²) in [6, 6.07) is 6.95. The number of furan rings is 1. The van der Waals surface area contributed by atoms with Crippen molar-refractivity contribution in [3.8, 4) is 0 Å². The van der Waals surface area contributed by atoms with E-state index in [-0.39, 0.29) is 12.1 Å². The molecule has 26 heavy (non-hydrogen) atoms. The third kappa shape index (κ3) is 2.66. The average Bonchev–Trinajstić information content (AvgIpc) is 3.19. The van der Waals surface area contributed by atoms with Crippen LogP contribution in [0.25, 0.3) is 11.0 Å². The van der Waals surface area contributed by atoms with Gasteiger partial charge in [0.1, 0.15) is 0 Å². The lowest BCUT2D eigenvalue weighted by Crippen LogP contribution is -2.29. The Hall–Kier alpha value is -2.73. The maximum atomic E-state index is 12.8. The Morgan fingerprint density at radius 3 is 2.88 bits per heavy atom. The molecule has 1 aliphatic heterocycles. The zero-order valence-corrected chi connectivity index (χ0v) is 15.4. The first kappa shape index (κ1) is 16.7. The first-order valence-electron chi connectivity index (χ1n) is 8.34. The Bertz CT molecular complexity index is 1020. The Labute approximate surface area is 155 Å². The summed E-state index contributed by atoms with van der Waals surface area (Å²) < 4.78 is 12.7. The van der Waals surface area contributed by atoms with Crippen LogP contribution in [0.15, 0.2) is 52.5 Å². The number of halogens is 1. The Morgan fingerprint density at radius 2 is 2.19 bits per heavy atom. The van der Waals surface area contributed by atoms with Crippen LogP contribution in [0.3, 0.4) is 0 Å². The van der Waals surface area contributed by atoms with Crippen molar-refractivity contribution in [3.63, 3.8) is 0 Å². The summed E-state index contributed by atoms with van der Waals surface area (Å²) in [6.07, 6.45) is 3.01. The number of hydrogen-bond donors (Lipinski definition) is 1. The highest BCUT2D eigenvalue weighted by Gasteiger charge is 2.35. The molecule has 1 atom stereocenters. The third-order valence-corrected chi connectivity index (χ3v) is 4.54. The monoisotopic (exact) mass is 371 g/mol. The number of rotatable bonds is 3. The summed E-state index contributed by atoms with van der Waals surface area (Å²) in [5.41, 5.74) is 3.69. The number of imidazole rings is 1. The van der Waals surface area contributed by atoms with Gasteiger partial charge in [0.2, 0.25) is 5.95 Å². The van der Waals surface area contributed by atoms with Gasteiger partial charge in [0.25, 0.3) is 0 Å². The number of benzene rings is 1. The molecule has 3 aromatic rings. The molecular formula is C19H18ClN3O3. The Morgan fingerprint density at radius 1 is 1.38 bits per heavy atom. The predicted molar refractivity (Wildman–Crippen MR) is 99.1 cm³/mol. The number of nitrogens with one attached hydrogen (secondary N) is 1. The van der Waals surface area contributed by atoms with Crippen LogP contribution in [0.4, 0.5) is 5.95 Å². The van der Waals surface area contributed by atoms with Gasteiger partial charge in [-0.3, -0.25) is 4.57 Å². The van der Waals surface area contributed by atoms with Crippen molar-refractivity contribution in [1.82, 2.24) is 9.55 Å². The number of aromatic nitrogens is 2. The number of carbonyl (C=O) groups excluding carboxylic acids is 1. The van der Waals surface area contributed by atoms with Crippen LogP contribution in [0.2, 0.25) is 5.02 Å². The zero-order chi connectivity index (χ0) is 18.4. The number of esters is 1. The van der Waals surface area contributed by atoms with E-state index in [4.69, 9.17) is 20.8 Å². The normalized spacial score (nSPS) is 16.7. The van der Waals surface area contributed by atoms with Gasteiger partial charge in [-0.25, -0.2) is 9.78 Å². The maximum absolute atomic E-state index is 12.8. The Kier molecular flexibility index (Phi) is 4.00. The molecular weight excluding hydrogens is 354 g/mol. The molecule has 4 rings (SSSR count). The SMILES string of the molecule is CC1=C(C(=O)OC(C)C)[C@@H](c2ccoc2)n2c(nc3cc(Cl)ccc32)N1. The van der Waals surface area contributed by atoms with Gasteiger partial charge in [-0.15, -0.1) is 0 Å². The van der Waals surface area contributed by atoms with Crippen molar-refractivity contribution < 1.29 is 13.9 Å². The fourth-order valence-electron chi connectivity index (χ4n) is 3.28. The van der Waals surface area contributed by atoms with Gasteiger partial charge >= 0.3 is 5.97 Å². The number of fused-ring (bicyclic) bond motifs is 3. The summed E-state index contributed by atoms with van der Waals surface area (Å²) in [7, 11) is 0. The second kappa shape index (κ2) is 6.21. The first-order valence-corrected chi connectivity index (χ1v) is 8.72. The molecule has 0 saturated carbocycles. The van der Waals surface area contributed by atoms with Crippen LogP contribution in [0.5, 0.6) is 0 Å².